The van der Waals surface area contributed by atoms with Gasteiger partial charge in [0.2, 0.25) is 0 Å². The van der Waals surface area contributed by atoms with Crippen LogP contribution in [0.25, 0.3) is 10.2 Å². The number of thiazole rings is 2. The van der Waals surface area contributed by atoms with Gasteiger partial charge in [-0.05, 0) is 67.7 Å². The van der Waals surface area contributed by atoms with Gasteiger partial charge >= 0.3 is 5.97 Å². The van der Waals surface area contributed by atoms with E-state index in [1.165, 1.54) is 18.4 Å². The zero-order valence-corrected chi connectivity index (χ0v) is 37.4. The van der Waals surface area contributed by atoms with Gasteiger partial charge in [0.25, 0.3) is 0 Å². The van der Waals surface area contributed by atoms with Crippen molar-refractivity contribution in [3.8, 4) is 0 Å². The second-order valence-electron chi connectivity index (χ2n) is 16.7. The minimum absolute atomic E-state index is 0.0780. The Morgan fingerprint density at radius 2 is 1.85 bits per heavy atom. The number of methoxy groups -OCH3 is 1. The van der Waals surface area contributed by atoms with Gasteiger partial charge in [0.05, 0.1) is 36.6 Å². The largest absolute Gasteiger partial charge is 0.464 e. The Hall–Kier alpha value is -2.84. The van der Waals surface area contributed by atoms with Gasteiger partial charge in [-0.3, -0.25) is 9.47 Å². The predicted molar refractivity (Wildman–Crippen MR) is 225 cm³/mol. The molecule has 3 aromatic heterocycles. The topological polar surface area (TPSA) is 116 Å². The van der Waals surface area contributed by atoms with Crippen LogP contribution in [0.3, 0.4) is 0 Å². The Balaban J connectivity index is 1.41. The van der Waals surface area contributed by atoms with Gasteiger partial charge in [0, 0.05) is 46.2 Å². The Kier molecular flexibility index (Phi) is 14.4. The number of morpholine rings is 1. The fraction of sp³-hybridized carbons (Fsp3) is 0.605. The van der Waals surface area contributed by atoms with Gasteiger partial charge in [-0.15, -0.1) is 21.5 Å². The zero-order chi connectivity index (χ0) is 39.1. The molecule has 0 N–H and O–H groups in total. The Labute approximate surface area is 330 Å². The number of rotatable bonds is 17. The molecule has 4 aromatic rings. The molecule has 1 aliphatic rings. The molecule has 12 nitrogen and oxygen atoms in total. The Bertz CT molecular complexity index is 1910. The summed E-state index contributed by atoms with van der Waals surface area (Å²) in [6, 6.07) is 11.4. The number of esters is 1. The molecule has 1 fully saturated rings. The zero-order valence-electron chi connectivity index (χ0n) is 33.8. The van der Waals surface area contributed by atoms with Gasteiger partial charge in [0.1, 0.15) is 6.73 Å². The van der Waals surface area contributed by atoms with E-state index in [4.69, 9.17) is 28.7 Å². The number of fused-ring (bicyclic) bond motifs is 1. The lowest BCUT2D eigenvalue weighted by molar-refractivity contribution is 0.0154. The van der Waals surface area contributed by atoms with Gasteiger partial charge in [0.15, 0.2) is 35.6 Å². The van der Waals surface area contributed by atoms with Crippen molar-refractivity contribution in [3.05, 3.63) is 51.8 Å². The number of hydrogen-bond donors (Lipinski definition) is 0. The molecule has 0 amide bonds. The summed E-state index contributed by atoms with van der Waals surface area (Å²) in [5.41, 5.74) is 2.23. The van der Waals surface area contributed by atoms with Crippen LogP contribution < -0.4 is 9.70 Å². The highest BCUT2D eigenvalue weighted by Crippen LogP contribution is 2.38. The monoisotopic (exact) mass is 813 g/mol. The third-order valence-electron chi connectivity index (χ3n) is 10.1. The van der Waals surface area contributed by atoms with E-state index in [2.05, 4.69) is 85.2 Å². The normalized spacial score (nSPS) is 15.6. The van der Waals surface area contributed by atoms with Crippen molar-refractivity contribution in [2.45, 2.75) is 97.2 Å². The van der Waals surface area contributed by atoms with Crippen LogP contribution in [-0.2, 0) is 25.4 Å². The molecule has 296 valence electrons. The molecule has 1 aromatic carbocycles. The maximum absolute atomic E-state index is 12.4. The Morgan fingerprint density at radius 3 is 2.54 bits per heavy atom. The van der Waals surface area contributed by atoms with E-state index in [1.54, 1.807) is 16.7 Å². The smallest absolute Gasteiger partial charge is 0.357 e. The van der Waals surface area contributed by atoms with E-state index in [-0.39, 0.29) is 16.8 Å². The quantitative estimate of drug-likeness (QED) is 0.0587. The lowest BCUT2D eigenvalue weighted by Gasteiger charge is -2.41. The van der Waals surface area contributed by atoms with Crippen molar-refractivity contribution in [1.82, 2.24) is 24.6 Å². The van der Waals surface area contributed by atoms with E-state index in [0.717, 1.165) is 78.9 Å². The minimum atomic E-state index is -2.02. The summed E-state index contributed by atoms with van der Waals surface area (Å²) in [5, 5.41) is 11.9. The lowest BCUT2D eigenvalue weighted by atomic mass is 10.1. The maximum Gasteiger partial charge on any atom is 0.357 e. The number of nitrogens with zero attached hydrogens (tertiary/aromatic N) is 7. The summed E-state index contributed by atoms with van der Waals surface area (Å²) in [6.07, 6.45) is 1.76. The van der Waals surface area contributed by atoms with Crippen LogP contribution >= 0.6 is 22.7 Å². The number of aromatic nitrogens is 4. The molecule has 1 unspecified atom stereocenters. The van der Waals surface area contributed by atoms with Crippen molar-refractivity contribution in [1.29, 1.82) is 0 Å². The van der Waals surface area contributed by atoms with Crippen LogP contribution in [-0.4, -0.2) is 106 Å². The van der Waals surface area contributed by atoms with Crippen LogP contribution in [0.5, 0.6) is 0 Å². The third-order valence-corrected chi connectivity index (χ3v) is 18.2. The van der Waals surface area contributed by atoms with Crippen LogP contribution in [0.15, 0.2) is 40.7 Å². The van der Waals surface area contributed by atoms with Gasteiger partial charge in [-0.2, -0.15) is 4.99 Å². The summed E-state index contributed by atoms with van der Waals surface area (Å²) >= 11 is 3.00. The molecule has 1 atom stereocenters. The molecule has 16 heteroatoms. The highest BCUT2D eigenvalue weighted by molar-refractivity contribution is 7.16. The summed E-state index contributed by atoms with van der Waals surface area (Å²) in [6.45, 7) is 26.5. The SMILES string of the molecule is COC(=O)c1csc(N(CCCC(CN2CCOCC2)O[Si](C)(C)C(C)(C)C)c2cc(C)c(/N=c3\sc4ccccc4n3COCC[Si](C)(C)C)nn2)n1. The molecule has 0 aliphatic carbocycles. The first-order valence-electron chi connectivity index (χ1n) is 18.9. The van der Waals surface area contributed by atoms with Crippen molar-refractivity contribution < 1.29 is 23.4 Å². The molecule has 0 spiro atoms. The van der Waals surface area contributed by atoms with Gasteiger partial charge < -0.3 is 23.5 Å². The fourth-order valence-electron chi connectivity index (χ4n) is 5.79. The van der Waals surface area contributed by atoms with E-state index in [9.17, 15) is 4.79 Å². The Morgan fingerprint density at radius 1 is 1.11 bits per heavy atom. The number of anilines is 2. The molecule has 0 bridgehead atoms. The maximum atomic E-state index is 12.4. The first-order valence-corrected chi connectivity index (χ1v) is 27.2. The number of hydrogen-bond acceptors (Lipinski definition) is 13. The number of aryl methyl sites for hydroxylation is 1. The number of carbonyl (C=O) groups excluding carboxylic acids is 1. The highest BCUT2D eigenvalue weighted by Gasteiger charge is 2.39. The first-order chi connectivity index (χ1) is 25.5. The van der Waals surface area contributed by atoms with Crippen LogP contribution in [0.4, 0.5) is 16.8 Å². The lowest BCUT2D eigenvalue weighted by Crippen LogP contribution is -2.48. The number of para-hydroxylation sites is 1. The molecule has 1 aliphatic heterocycles. The average molecular weight is 814 g/mol. The van der Waals surface area contributed by atoms with Crippen LogP contribution in [0, 0.1) is 6.92 Å². The molecule has 5 rings (SSSR count). The third kappa shape index (κ3) is 11.4. The summed E-state index contributed by atoms with van der Waals surface area (Å²) in [4.78, 5) is 27.4. The number of carbonyl (C=O) groups is 1. The molecule has 0 radical (unpaired) electrons. The van der Waals surface area contributed by atoms with E-state index < -0.39 is 22.4 Å². The molecular formula is C38H59N7O5S2Si2. The van der Waals surface area contributed by atoms with E-state index in [0.29, 0.717) is 30.0 Å². The summed E-state index contributed by atoms with van der Waals surface area (Å²) in [5.74, 6) is 0.721. The average Bonchev–Trinajstić information content (AvgIpc) is 3.73. The van der Waals surface area contributed by atoms with Crippen molar-refractivity contribution in [3.63, 3.8) is 0 Å². The molecule has 4 heterocycles. The molecule has 1 saturated heterocycles. The van der Waals surface area contributed by atoms with Gasteiger partial charge in [-0.25, -0.2) is 9.78 Å². The van der Waals surface area contributed by atoms with Crippen LogP contribution in [0.1, 0.15) is 49.7 Å². The van der Waals surface area contributed by atoms with E-state index >= 15 is 0 Å². The van der Waals surface area contributed by atoms with Crippen molar-refractivity contribution >= 4 is 72.0 Å². The first kappa shape index (κ1) is 42.3. The van der Waals surface area contributed by atoms with Gasteiger partial charge in [-0.1, -0.05) is 63.9 Å². The highest BCUT2D eigenvalue weighted by atomic mass is 32.1. The number of ether oxygens (including phenoxy) is 3. The predicted octanol–water partition coefficient (Wildman–Crippen LogP) is 8.23. The number of benzene rings is 1. The van der Waals surface area contributed by atoms with E-state index in [1.807, 2.05) is 30.0 Å². The summed E-state index contributed by atoms with van der Waals surface area (Å²) in [7, 11) is -1.87. The minimum Gasteiger partial charge on any atom is -0.464 e. The molecular weight excluding hydrogens is 755 g/mol. The van der Waals surface area contributed by atoms with Crippen LogP contribution in [0.2, 0.25) is 43.8 Å². The second-order valence-corrected chi connectivity index (χ2v) is 28.9. The summed E-state index contributed by atoms with van der Waals surface area (Å²) < 4.78 is 27.1. The van der Waals surface area contributed by atoms with Crippen molar-refractivity contribution in [2.75, 3.05) is 58.0 Å². The fourth-order valence-corrected chi connectivity index (χ4v) is 9.77. The molecule has 0 saturated carbocycles. The second kappa shape index (κ2) is 18.4. The van der Waals surface area contributed by atoms with Crippen molar-refractivity contribution in [2.24, 2.45) is 4.99 Å². The molecule has 54 heavy (non-hydrogen) atoms. The standard InChI is InChI=1S/C38H59N7O5S2Si2/c1-28-24-33(41-42-34(28)40-37-45(27-49-22-23-53(6,7)8)31-15-11-12-16-32(31)52-37)44(36-39-30(26-51-36)35(46)47-5)17-13-14-29(25-43-18-20-48-21-19-43)50-54(9,10)38(2,3)4/h11-12,15-16,24,26,29H,13-14,17-23,25,27H2,1-10H3/b40-37-.